The van der Waals surface area contributed by atoms with E-state index in [1.165, 1.54) is 30.7 Å². The van der Waals surface area contributed by atoms with Crippen LogP contribution in [-0.2, 0) is 21.5 Å². The van der Waals surface area contributed by atoms with Crippen molar-refractivity contribution in [2.45, 2.75) is 13.0 Å². The van der Waals surface area contributed by atoms with E-state index in [2.05, 4.69) is 5.32 Å². The first kappa shape index (κ1) is 22.0. The molecule has 1 amide bonds. The van der Waals surface area contributed by atoms with E-state index in [1.807, 2.05) is 0 Å². The minimum absolute atomic E-state index is 0.116. The molecule has 1 aliphatic rings. The number of carbonyl (C=O) groups excluding carboxylic acids is 1. The second-order valence-electron chi connectivity index (χ2n) is 6.77. The molecule has 0 saturated carbocycles. The van der Waals surface area contributed by atoms with Gasteiger partial charge in [-0.1, -0.05) is 12.1 Å². The first-order valence-electron chi connectivity index (χ1n) is 9.35. The molecular formula is C20H24FN3O5S. The van der Waals surface area contributed by atoms with E-state index in [-0.39, 0.29) is 25.5 Å². The Morgan fingerprint density at radius 2 is 1.77 bits per heavy atom. The van der Waals surface area contributed by atoms with Crippen LogP contribution in [0, 0.1) is 5.82 Å². The SMILES string of the molecule is COc1ccc(OC)c(NC(=O)CN2CCCN(Cc3ccc(F)cc3)S2(=O)=O)c1. The fourth-order valence-electron chi connectivity index (χ4n) is 3.19. The number of hydrogen-bond acceptors (Lipinski definition) is 5. The van der Waals surface area contributed by atoms with Gasteiger partial charge in [-0.3, -0.25) is 4.79 Å². The number of amides is 1. The number of carbonyl (C=O) groups is 1. The lowest BCUT2D eigenvalue weighted by molar-refractivity contribution is -0.116. The van der Waals surface area contributed by atoms with Crippen molar-refractivity contribution in [3.05, 3.63) is 53.8 Å². The van der Waals surface area contributed by atoms with E-state index in [9.17, 15) is 17.6 Å². The minimum atomic E-state index is -3.83. The Morgan fingerprint density at radius 1 is 1.07 bits per heavy atom. The lowest BCUT2D eigenvalue weighted by atomic mass is 10.2. The van der Waals surface area contributed by atoms with Gasteiger partial charge in [0, 0.05) is 25.7 Å². The third-order valence-electron chi connectivity index (χ3n) is 4.74. The van der Waals surface area contributed by atoms with E-state index in [0.29, 0.717) is 35.7 Å². The summed E-state index contributed by atoms with van der Waals surface area (Å²) in [7, 11) is -0.857. The summed E-state index contributed by atoms with van der Waals surface area (Å²) in [5.41, 5.74) is 1.06. The van der Waals surface area contributed by atoms with Crippen LogP contribution in [0.5, 0.6) is 11.5 Å². The molecule has 1 N–H and O–H groups in total. The second kappa shape index (κ2) is 9.41. The monoisotopic (exact) mass is 437 g/mol. The number of benzene rings is 2. The van der Waals surface area contributed by atoms with Crippen LogP contribution in [0.2, 0.25) is 0 Å². The van der Waals surface area contributed by atoms with Crippen molar-refractivity contribution >= 4 is 21.8 Å². The molecule has 1 heterocycles. The molecule has 0 spiro atoms. The smallest absolute Gasteiger partial charge is 0.282 e. The van der Waals surface area contributed by atoms with Crippen LogP contribution in [0.25, 0.3) is 0 Å². The van der Waals surface area contributed by atoms with Crippen molar-refractivity contribution in [3.8, 4) is 11.5 Å². The third-order valence-corrected chi connectivity index (χ3v) is 6.67. The Bertz CT molecular complexity index is 998. The summed E-state index contributed by atoms with van der Waals surface area (Å²) in [5.74, 6) is 0.0889. The highest BCUT2D eigenvalue weighted by Gasteiger charge is 2.34. The number of halogens is 1. The predicted octanol–water partition coefficient (Wildman–Crippen LogP) is 2.23. The summed E-state index contributed by atoms with van der Waals surface area (Å²) in [6.07, 6.45) is 0.580. The first-order chi connectivity index (χ1) is 14.3. The van der Waals surface area contributed by atoms with E-state index in [4.69, 9.17) is 9.47 Å². The average Bonchev–Trinajstić information content (AvgIpc) is 2.72. The van der Waals surface area contributed by atoms with Crippen molar-refractivity contribution in [2.75, 3.05) is 39.2 Å². The molecule has 3 rings (SSSR count). The molecule has 10 heteroatoms. The van der Waals surface area contributed by atoms with Crippen molar-refractivity contribution in [3.63, 3.8) is 0 Å². The summed E-state index contributed by atoms with van der Waals surface area (Å²) in [4.78, 5) is 12.6. The molecule has 162 valence electrons. The van der Waals surface area contributed by atoms with Gasteiger partial charge in [0.25, 0.3) is 10.2 Å². The lowest BCUT2D eigenvalue weighted by Crippen LogP contribution is -2.51. The minimum Gasteiger partial charge on any atom is -0.497 e. The number of ether oxygens (including phenoxy) is 2. The highest BCUT2D eigenvalue weighted by atomic mass is 32.2. The number of methoxy groups -OCH3 is 2. The van der Waals surface area contributed by atoms with Gasteiger partial charge >= 0.3 is 0 Å². The Labute approximate surface area is 175 Å². The Balaban J connectivity index is 1.69. The zero-order chi connectivity index (χ0) is 21.7. The maximum absolute atomic E-state index is 13.1. The molecule has 0 atom stereocenters. The lowest BCUT2D eigenvalue weighted by Gasteiger charge is -2.34. The maximum Gasteiger partial charge on any atom is 0.282 e. The molecule has 0 radical (unpaired) electrons. The molecule has 0 unspecified atom stereocenters. The first-order valence-corrected chi connectivity index (χ1v) is 10.7. The molecule has 0 bridgehead atoms. The van der Waals surface area contributed by atoms with E-state index >= 15 is 0 Å². The summed E-state index contributed by atoms with van der Waals surface area (Å²) in [6.45, 7) is 0.361. The van der Waals surface area contributed by atoms with Gasteiger partial charge in [-0.2, -0.15) is 17.0 Å². The molecule has 1 fully saturated rings. The van der Waals surface area contributed by atoms with Crippen LogP contribution in [-0.4, -0.2) is 56.8 Å². The van der Waals surface area contributed by atoms with Gasteiger partial charge in [-0.25, -0.2) is 4.39 Å². The predicted molar refractivity (Wildman–Crippen MR) is 110 cm³/mol. The standard InChI is InChI=1S/C20H24FN3O5S/c1-28-17-8-9-19(29-2)18(12-17)22-20(25)14-24-11-3-10-23(30(24,26)27)13-15-4-6-16(21)7-5-15/h4-9,12H,3,10-11,13-14H2,1-2H3,(H,22,25). The van der Waals surface area contributed by atoms with Crippen molar-refractivity contribution in [1.29, 1.82) is 0 Å². The summed E-state index contributed by atoms with van der Waals surface area (Å²) in [5, 5.41) is 2.68. The zero-order valence-corrected chi connectivity index (χ0v) is 17.6. The molecule has 8 nitrogen and oxygen atoms in total. The van der Waals surface area contributed by atoms with Crippen LogP contribution in [0.4, 0.5) is 10.1 Å². The third kappa shape index (κ3) is 5.07. The molecule has 1 saturated heterocycles. The van der Waals surface area contributed by atoms with Crippen LogP contribution in [0.1, 0.15) is 12.0 Å². The van der Waals surface area contributed by atoms with E-state index in [1.54, 1.807) is 30.3 Å². The second-order valence-corrected chi connectivity index (χ2v) is 8.70. The molecule has 1 aliphatic heterocycles. The van der Waals surface area contributed by atoms with Crippen LogP contribution in [0.15, 0.2) is 42.5 Å². The molecule has 2 aromatic carbocycles. The summed E-state index contributed by atoms with van der Waals surface area (Å²) >= 11 is 0. The van der Waals surface area contributed by atoms with Gasteiger partial charge in [-0.05, 0) is 36.2 Å². The number of nitrogens with zero attached hydrogens (tertiary/aromatic N) is 2. The largest absolute Gasteiger partial charge is 0.497 e. The topological polar surface area (TPSA) is 88.2 Å². The summed E-state index contributed by atoms with van der Waals surface area (Å²) < 4.78 is 51.8. The Hall–Kier alpha value is -2.69. The molecule has 0 aromatic heterocycles. The van der Waals surface area contributed by atoms with E-state index < -0.39 is 16.1 Å². The van der Waals surface area contributed by atoms with Crippen LogP contribution >= 0.6 is 0 Å². The van der Waals surface area contributed by atoms with Crippen molar-refractivity contribution in [1.82, 2.24) is 8.61 Å². The van der Waals surface area contributed by atoms with E-state index in [0.717, 1.165) is 4.31 Å². The highest BCUT2D eigenvalue weighted by Crippen LogP contribution is 2.29. The number of hydrogen-bond donors (Lipinski definition) is 1. The van der Waals surface area contributed by atoms with Crippen molar-refractivity contribution in [2.24, 2.45) is 0 Å². The number of rotatable bonds is 7. The van der Waals surface area contributed by atoms with Crippen molar-refractivity contribution < 1.29 is 27.1 Å². The number of anilines is 1. The fourth-order valence-corrected chi connectivity index (χ4v) is 4.83. The molecule has 2 aromatic rings. The Morgan fingerprint density at radius 3 is 2.43 bits per heavy atom. The molecule has 0 aliphatic carbocycles. The molecule has 30 heavy (non-hydrogen) atoms. The zero-order valence-electron chi connectivity index (χ0n) is 16.8. The van der Waals surface area contributed by atoms with Gasteiger partial charge in [0.15, 0.2) is 0 Å². The highest BCUT2D eigenvalue weighted by molar-refractivity contribution is 7.86. The maximum atomic E-state index is 13.1. The van der Waals surface area contributed by atoms with Gasteiger partial charge in [0.1, 0.15) is 17.3 Å². The summed E-state index contributed by atoms with van der Waals surface area (Å²) in [6, 6.07) is 10.6. The number of nitrogens with one attached hydrogen (secondary N) is 1. The Kier molecular flexibility index (Phi) is 6.91. The van der Waals surface area contributed by atoms with Gasteiger partial charge < -0.3 is 14.8 Å². The van der Waals surface area contributed by atoms with Crippen LogP contribution in [0.3, 0.4) is 0 Å². The normalized spacial score (nSPS) is 16.8. The molecular weight excluding hydrogens is 413 g/mol. The van der Waals surface area contributed by atoms with Gasteiger partial charge in [-0.15, -0.1) is 0 Å². The van der Waals surface area contributed by atoms with Crippen LogP contribution < -0.4 is 14.8 Å². The fraction of sp³-hybridized carbons (Fsp3) is 0.350. The van der Waals surface area contributed by atoms with Gasteiger partial charge in [0.05, 0.1) is 26.5 Å². The quantitative estimate of drug-likeness (QED) is 0.718. The average molecular weight is 437 g/mol. The van der Waals surface area contributed by atoms with Gasteiger partial charge in [0.2, 0.25) is 5.91 Å².